The van der Waals surface area contributed by atoms with Gasteiger partial charge in [-0.2, -0.15) is 0 Å². The summed E-state index contributed by atoms with van der Waals surface area (Å²) in [5.41, 5.74) is 3.76. The minimum atomic E-state index is 1.12. The summed E-state index contributed by atoms with van der Waals surface area (Å²) >= 11 is 3.74. The van der Waals surface area contributed by atoms with Crippen LogP contribution in [0.15, 0.2) is 48.7 Å². The standard InChI is InChI=1S/C22H17NS2/c1-12-10-18-17-7-5-4-6-15(17)11-19(21(18)24-12)20-22-16(8-9-23-20)13(2)14(3)25-22/h4-11H,1-3H3. The largest absolute Gasteiger partial charge is 0.255 e. The predicted molar refractivity (Wildman–Crippen MR) is 112 cm³/mol. The van der Waals surface area contributed by atoms with Gasteiger partial charge in [-0.25, -0.2) is 0 Å². The number of nitrogens with zero attached hydrogens (tertiary/aromatic N) is 1. The Morgan fingerprint density at radius 3 is 2.52 bits per heavy atom. The molecule has 0 saturated carbocycles. The zero-order chi connectivity index (χ0) is 17.1. The lowest BCUT2D eigenvalue weighted by molar-refractivity contribution is 1.37. The van der Waals surface area contributed by atoms with Gasteiger partial charge >= 0.3 is 0 Å². The molecule has 0 atom stereocenters. The van der Waals surface area contributed by atoms with Gasteiger partial charge in [0.05, 0.1) is 10.4 Å². The molecule has 0 fully saturated rings. The first-order chi connectivity index (χ1) is 12.1. The van der Waals surface area contributed by atoms with Crippen LogP contribution in [0.25, 0.3) is 42.2 Å². The quantitative estimate of drug-likeness (QED) is 0.307. The number of pyridine rings is 1. The number of hydrogen-bond donors (Lipinski definition) is 0. The second-order valence-electron chi connectivity index (χ2n) is 6.56. The van der Waals surface area contributed by atoms with Crippen molar-refractivity contribution in [2.75, 3.05) is 0 Å². The van der Waals surface area contributed by atoms with Crippen LogP contribution in [0.3, 0.4) is 0 Å². The highest BCUT2D eigenvalue weighted by molar-refractivity contribution is 7.20. The molecule has 5 rings (SSSR count). The van der Waals surface area contributed by atoms with Crippen LogP contribution in [0.5, 0.6) is 0 Å². The molecule has 3 heterocycles. The van der Waals surface area contributed by atoms with Crippen LogP contribution in [0, 0.1) is 20.8 Å². The minimum absolute atomic E-state index is 1.12. The molecule has 0 amide bonds. The van der Waals surface area contributed by atoms with Crippen molar-refractivity contribution in [3.05, 3.63) is 64.0 Å². The molecule has 5 aromatic rings. The summed E-state index contributed by atoms with van der Waals surface area (Å²) in [6.07, 6.45) is 1.96. The van der Waals surface area contributed by atoms with Crippen molar-refractivity contribution in [3.63, 3.8) is 0 Å². The van der Waals surface area contributed by atoms with Crippen LogP contribution in [-0.4, -0.2) is 4.98 Å². The highest BCUT2D eigenvalue weighted by Gasteiger charge is 2.16. The molecule has 0 aliphatic rings. The van der Waals surface area contributed by atoms with E-state index >= 15 is 0 Å². The second-order valence-corrected chi connectivity index (χ2v) is 9.05. The van der Waals surface area contributed by atoms with Crippen LogP contribution in [0.4, 0.5) is 0 Å². The molecule has 0 spiro atoms. The van der Waals surface area contributed by atoms with Crippen molar-refractivity contribution >= 4 is 53.6 Å². The third kappa shape index (κ3) is 2.16. The fourth-order valence-electron chi connectivity index (χ4n) is 3.64. The Morgan fingerprint density at radius 1 is 0.800 bits per heavy atom. The lowest BCUT2D eigenvalue weighted by atomic mass is 10.00. The van der Waals surface area contributed by atoms with Gasteiger partial charge in [-0.05, 0) is 60.7 Å². The summed E-state index contributed by atoms with van der Waals surface area (Å²) in [6, 6.07) is 15.5. The highest BCUT2D eigenvalue weighted by atomic mass is 32.1. The van der Waals surface area contributed by atoms with Gasteiger partial charge in [-0.15, -0.1) is 22.7 Å². The van der Waals surface area contributed by atoms with E-state index in [0.29, 0.717) is 0 Å². The van der Waals surface area contributed by atoms with E-state index < -0.39 is 0 Å². The van der Waals surface area contributed by atoms with E-state index in [9.17, 15) is 0 Å². The van der Waals surface area contributed by atoms with Crippen molar-refractivity contribution in [1.29, 1.82) is 0 Å². The fraction of sp³-hybridized carbons (Fsp3) is 0.136. The molecular formula is C22H17NS2. The van der Waals surface area contributed by atoms with Crippen LogP contribution < -0.4 is 0 Å². The lowest BCUT2D eigenvalue weighted by Gasteiger charge is -2.08. The number of thiophene rings is 2. The normalized spacial score (nSPS) is 11.8. The lowest BCUT2D eigenvalue weighted by Crippen LogP contribution is -1.85. The number of benzene rings is 2. The molecular weight excluding hydrogens is 342 g/mol. The molecule has 2 aromatic carbocycles. The average Bonchev–Trinajstić information content (AvgIpc) is 3.15. The van der Waals surface area contributed by atoms with Crippen LogP contribution in [0.1, 0.15) is 15.3 Å². The Kier molecular flexibility index (Phi) is 3.24. The van der Waals surface area contributed by atoms with Crippen molar-refractivity contribution < 1.29 is 0 Å². The smallest absolute Gasteiger partial charge is 0.0894 e. The Bertz CT molecular complexity index is 1270. The molecule has 25 heavy (non-hydrogen) atoms. The first-order valence-corrected chi connectivity index (χ1v) is 10.0. The third-order valence-electron chi connectivity index (χ3n) is 5.00. The van der Waals surface area contributed by atoms with Crippen molar-refractivity contribution in [2.45, 2.75) is 20.8 Å². The molecule has 0 saturated heterocycles. The Labute approximate surface area is 154 Å². The van der Waals surface area contributed by atoms with Gasteiger partial charge in [-0.3, -0.25) is 4.98 Å². The summed E-state index contributed by atoms with van der Waals surface area (Å²) in [5.74, 6) is 0. The summed E-state index contributed by atoms with van der Waals surface area (Å²) in [6.45, 7) is 6.61. The molecule has 0 aliphatic carbocycles. The molecule has 0 radical (unpaired) electrons. The first-order valence-electron chi connectivity index (χ1n) is 8.40. The molecule has 0 aliphatic heterocycles. The number of aromatic nitrogens is 1. The van der Waals surface area contributed by atoms with Gasteiger partial charge < -0.3 is 0 Å². The van der Waals surface area contributed by atoms with Gasteiger partial charge in [0.1, 0.15) is 0 Å². The zero-order valence-corrected chi connectivity index (χ0v) is 16.0. The second kappa shape index (κ2) is 5.38. The molecule has 1 nitrogen and oxygen atoms in total. The van der Waals surface area contributed by atoms with E-state index in [1.165, 1.54) is 51.8 Å². The summed E-state index contributed by atoms with van der Waals surface area (Å²) < 4.78 is 2.65. The number of fused-ring (bicyclic) bond motifs is 4. The van der Waals surface area contributed by atoms with E-state index in [1.54, 1.807) is 0 Å². The summed E-state index contributed by atoms with van der Waals surface area (Å²) in [7, 11) is 0. The van der Waals surface area contributed by atoms with Gasteiger partial charge in [0.2, 0.25) is 0 Å². The van der Waals surface area contributed by atoms with Gasteiger partial charge in [0.15, 0.2) is 0 Å². The maximum atomic E-state index is 4.81. The summed E-state index contributed by atoms with van der Waals surface area (Å²) in [5, 5.41) is 5.30. The number of hydrogen-bond acceptors (Lipinski definition) is 3. The average molecular weight is 360 g/mol. The maximum absolute atomic E-state index is 4.81. The van der Waals surface area contributed by atoms with E-state index in [-0.39, 0.29) is 0 Å². The predicted octanol–water partition coefficient (Wildman–Crippen LogP) is 7.26. The Balaban J connectivity index is 1.97. The fourth-order valence-corrected chi connectivity index (χ4v) is 5.84. The maximum Gasteiger partial charge on any atom is 0.0894 e. The van der Waals surface area contributed by atoms with Gasteiger partial charge in [-0.1, -0.05) is 24.3 Å². The van der Waals surface area contributed by atoms with E-state index in [0.717, 1.165) is 5.69 Å². The SMILES string of the molecule is Cc1cc2c(s1)c(-c1nccc3c(C)c(C)sc13)cc1ccccc12. The Hall–Kier alpha value is -2.23. The van der Waals surface area contributed by atoms with Crippen LogP contribution in [0.2, 0.25) is 0 Å². The molecule has 122 valence electrons. The Morgan fingerprint density at radius 2 is 1.64 bits per heavy atom. The van der Waals surface area contributed by atoms with E-state index in [1.807, 2.05) is 28.9 Å². The third-order valence-corrected chi connectivity index (χ3v) is 7.31. The van der Waals surface area contributed by atoms with Crippen LogP contribution >= 0.6 is 22.7 Å². The number of aryl methyl sites for hydroxylation is 3. The van der Waals surface area contributed by atoms with Crippen molar-refractivity contribution in [3.8, 4) is 11.3 Å². The molecule has 0 N–H and O–H groups in total. The monoisotopic (exact) mass is 359 g/mol. The molecule has 0 bridgehead atoms. The molecule has 3 aromatic heterocycles. The summed E-state index contributed by atoms with van der Waals surface area (Å²) in [4.78, 5) is 7.54. The zero-order valence-electron chi connectivity index (χ0n) is 14.4. The molecule has 0 unspecified atom stereocenters. The topological polar surface area (TPSA) is 12.9 Å². The molecule has 3 heteroatoms. The highest BCUT2D eigenvalue weighted by Crippen LogP contribution is 2.43. The van der Waals surface area contributed by atoms with E-state index in [2.05, 4.69) is 63.2 Å². The number of rotatable bonds is 1. The minimum Gasteiger partial charge on any atom is -0.255 e. The van der Waals surface area contributed by atoms with Gasteiger partial charge in [0.25, 0.3) is 0 Å². The van der Waals surface area contributed by atoms with Crippen LogP contribution in [-0.2, 0) is 0 Å². The van der Waals surface area contributed by atoms with Gasteiger partial charge in [0, 0.05) is 31.6 Å². The first kappa shape index (κ1) is 15.1. The van der Waals surface area contributed by atoms with Crippen molar-refractivity contribution in [2.24, 2.45) is 0 Å². The van der Waals surface area contributed by atoms with E-state index in [4.69, 9.17) is 4.98 Å². The van der Waals surface area contributed by atoms with Crippen molar-refractivity contribution in [1.82, 2.24) is 4.98 Å².